The highest BCUT2D eigenvalue weighted by atomic mass is 35.5. The number of hydrogen-bond acceptors (Lipinski definition) is 4. The molecule has 1 aliphatic heterocycles. The lowest BCUT2D eigenvalue weighted by molar-refractivity contribution is 0.315. The topological polar surface area (TPSA) is 31.4 Å². The van der Waals surface area contributed by atoms with Crippen molar-refractivity contribution in [2.24, 2.45) is 0 Å². The molecule has 0 radical (unpaired) electrons. The molecule has 0 saturated carbocycles. The van der Waals surface area contributed by atoms with Crippen molar-refractivity contribution in [3.05, 3.63) is 83.0 Å². The van der Waals surface area contributed by atoms with E-state index >= 15 is 0 Å². The average Bonchev–Trinajstić information content (AvgIpc) is 3.32. The van der Waals surface area contributed by atoms with Crippen LogP contribution in [0.25, 0.3) is 22.0 Å². The summed E-state index contributed by atoms with van der Waals surface area (Å²) in [6.07, 6.45) is 3.04. The van der Waals surface area contributed by atoms with Crippen molar-refractivity contribution in [2.75, 3.05) is 37.4 Å². The van der Waals surface area contributed by atoms with Gasteiger partial charge >= 0.3 is 0 Å². The van der Waals surface area contributed by atoms with E-state index in [-0.39, 0.29) is 0 Å². The molecule has 1 N–H and O–H groups in total. The Labute approximate surface area is 204 Å². The average molecular weight is 477 g/mol. The molecule has 2 heterocycles. The Hall–Kier alpha value is -2.79. The Morgan fingerprint density at radius 2 is 1.67 bits per heavy atom. The van der Waals surface area contributed by atoms with Crippen LogP contribution in [0.2, 0.25) is 10.0 Å². The first-order valence-corrected chi connectivity index (χ1v) is 11.9. The Bertz CT molecular complexity index is 1290. The number of benzene rings is 3. The summed E-state index contributed by atoms with van der Waals surface area (Å²) >= 11 is 12.3. The molecular formula is C27H26Cl2N4. The smallest absolute Gasteiger partial charge is 0.0723 e. The first-order valence-electron chi connectivity index (χ1n) is 11.1. The van der Waals surface area contributed by atoms with Crippen LogP contribution < -0.4 is 10.2 Å². The third kappa shape index (κ3) is 4.65. The molecule has 0 spiro atoms. The number of anilines is 3. The van der Waals surface area contributed by atoms with E-state index in [1.807, 2.05) is 36.5 Å². The minimum atomic E-state index is 0.550. The maximum atomic E-state index is 6.24. The summed E-state index contributed by atoms with van der Waals surface area (Å²) < 4.78 is 0. The molecule has 1 atom stereocenters. The zero-order chi connectivity index (χ0) is 22.9. The summed E-state index contributed by atoms with van der Waals surface area (Å²) in [6.45, 7) is 2.17. The van der Waals surface area contributed by atoms with Crippen LogP contribution >= 0.6 is 23.2 Å². The van der Waals surface area contributed by atoms with E-state index in [1.54, 1.807) is 0 Å². The van der Waals surface area contributed by atoms with Gasteiger partial charge in [-0.05, 0) is 86.2 Å². The monoisotopic (exact) mass is 476 g/mol. The Kier molecular flexibility index (Phi) is 6.15. The largest absolute Gasteiger partial charge is 0.370 e. The van der Waals surface area contributed by atoms with Crippen LogP contribution in [-0.2, 0) is 0 Å². The second kappa shape index (κ2) is 9.22. The second-order valence-electron chi connectivity index (χ2n) is 8.74. The van der Waals surface area contributed by atoms with Gasteiger partial charge in [0.1, 0.15) is 0 Å². The Balaban J connectivity index is 1.40. The molecule has 4 nitrogen and oxygen atoms in total. The zero-order valence-electron chi connectivity index (χ0n) is 18.7. The maximum Gasteiger partial charge on any atom is 0.0723 e. The van der Waals surface area contributed by atoms with Gasteiger partial charge in [0.2, 0.25) is 0 Å². The highest BCUT2D eigenvalue weighted by Gasteiger charge is 2.23. The van der Waals surface area contributed by atoms with Crippen molar-refractivity contribution in [1.82, 2.24) is 9.88 Å². The molecule has 0 amide bonds. The van der Waals surface area contributed by atoms with Gasteiger partial charge in [0.15, 0.2) is 0 Å². The summed E-state index contributed by atoms with van der Waals surface area (Å²) in [5, 5.41) is 5.74. The van der Waals surface area contributed by atoms with E-state index in [0.29, 0.717) is 16.1 Å². The molecular weight excluding hydrogens is 451 g/mol. The van der Waals surface area contributed by atoms with E-state index in [9.17, 15) is 0 Å². The summed E-state index contributed by atoms with van der Waals surface area (Å²) in [4.78, 5) is 9.31. The second-order valence-corrected chi connectivity index (χ2v) is 9.56. The van der Waals surface area contributed by atoms with Crippen LogP contribution in [0.3, 0.4) is 0 Å². The SMILES string of the molecule is CN(C)C1CCN(c2ccc(Nc3ccnc4ccc(-c5ccc(Cl)c(Cl)c5)cc34)cc2)C1. The standard InChI is InChI=1S/C27H26Cl2N4/c1-32(2)22-12-14-33(17-22)21-7-5-20(6-8-21)31-27-11-13-30-26-10-4-18(15-23(26)27)19-3-9-24(28)25(29)16-19/h3-11,13,15-16,22H,12,14,17H2,1-2H3,(H,30,31). The van der Waals surface area contributed by atoms with Crippen molar-refractivity contribution in [3.8, 4) is 11.1 Å². The molecule has 5 rings (SSSR count). The molecule has 1 aliphatic rings. The minimum absolute atomic E-state index is 0.550. The number of nitrogens with zero attached hydrogens (tertiary/aromatic N) is 3. The zero-order valence-corrected chi connectivity index (χ0v) is 20.2. The number of hydrogen-bond donors (Lipinski definition) is 1. The van der Waals surface area contributed by atoms with Gasteiger partial charge < -0.3 is 15.1 Å². The summed E-state index contributed by atoms with van der Waals surface area (Å²) in [5.74, 6) is 0. The molecule has 1 aromatic heterocycles. The highest BCUT2D eigenvalue weighted by molar-refractivity contribution is 6.42. The lowest BCUT2D eigenvalue weighted by atomic mass is 10.0. The van der Waals surface area contributed by atoms with Crippen molar-refractivity contribution in [3.63, 3.8) is 0 Å². The van der Waals surface area contributed by atoms with Crippen molar-refractivity contribution < 1.29 is 0 Å². The number of rotatable bonds is 5. The van der Waals surface area contributed by atoms with Gasteiger partial charge in [-0.2, -0.15) is 0 Å². The first kappa shape index (κ1) is 22.0. The summed E-state index contributed by atoms with van der Waals surface area (Å²) in [7, 11) is 4.32. The maximum absolute atomic E-state index is 6.24. The van der Waals surface area contributed by atoms with Crippen LogP contribution in [0.4, 0.5) is 17.1 Å². The first-order chi connectivity index (χ1) is 16.0. The molecule has 168 valence electrons. The van der Waals surface area contributed by atoms with Gasteiger partial charge in [-0.25, -0.2) is 0 Å². The lowest BCUT2D eigenvalue weighted by Gasteiger charge is -2.22. The van der Waals surface area contributed by atoms with Gasteiger partial charge in [-0.3, -0.25) is 4.98 Å². The van der Waals surface area contributed by atoms with Gasteiger partial charge in [0.05, 0.1) is 15.6 Å². The molecule has 33 heavy (non-hydrogen) atoms. The van der Waals surface area contributed by atoms with Crippen molar-refractivity contribution in [2.45, 2.75) is 12.5 Å². The number of aromatic nitrogens is 1. The number of halogens is 2. The van der Waals surface area contributed by atoms with Crippen LogP contribution in [0, 0.1) is 0 Å². The van der Waals surface area contributed by atoms with Crippen LogP contribution in [0.5, 0.6) is 0 Å². The van der Waals surface area contributed by atoms with Gasteiger partial charge in [0, 0.05) is 47.8 Å². The fourth-order valence-corrected chi connectivity index (χ4v) is 4.72. The molecule has 1 unspecified atom stereocenters. The normalized spacial score (nSPS) is 16.0. The quantitative estimate of drug-likeness (QED) is 0.333. The Morgan fingerprint density at radius 1 is 0.909 bits per heavy atom. The molecule has 1 saturated heterocycles. The van der Waals surface area contributed by atoms with E-state index in [1.165, 1.54) is 12.1 Å². The number of pyridine rings is 1. The molecule has 0 aliphatic carbocycles. The van der Waals surface area contributed by atoms with Crippen molar-refractivity contribution >= 4 is 51.2 Å². The summed E-state index contributed by atoms with van der Waals surface area (Å²) in [6, 6.07) is 23.3. The number of fused-ring (bicyclic) bond motifs is 1. The van der Waals surface area contributed by atoms with Crippen LogP contribution in [0.15, 0.2) is 72.9 Å². The predicted octanol–water partition coefficient (Wildman–Crippen LogP) is 7.09. The van der Waals surface area contributed by atoms with Gasteiger partial charge in [0.25, 0.3) is 0 Å². The molecule has 3 aromatic carbocycles. The fraction of sp³-hybridized carbons (Fsp3) is 0.222. The molecule has 6 heteroatoms. The lowest BCUT2D eigenvalue weighted by Crippen LogP contribution is -2.31. The van der Waals surface area contributed by atoms with Gasteiger partial charge in [-0.15, -0.1) is 0 Å². The van der Waals surface area contributed by atoms with E-state index < -0.39 is 0 Å². The highest BCUT2D eigenvalue weighted by Crippen LogP contribution is 2.33. The van der Waals surface area contributed by atoms with E-state index in [2.05, 4.69) is 70.6 Å². The third-order valence-electron chi connectivity index (χ3n) is 6.40. The van der Waals surface area contributed by atoms with E-state index in [4.69, 9.17) is 23.2 Å². The number of likely N-dealkylation sites (N-methyl/N-ethyl adjacent to an activating group) is 1. The minimum Gasteiger partial charge on any atom is -0.370 e. The Morgan fingerprint density at radius 3 is 2.39 bits per heavy atom. The predicted molar refractivity (Wildman–Crippen MR) is 141 cm³/mol. The molecule has 4 aromatic rings. The molecule has 1 fully saturated rings. The van der Waals surface area contributed by atoms with Crippen LogP contribution in [-0.4, -0.2) is 43.1 Å². The number of nitrogens with one attached hydrogen (secondary N) is 1. The molecule has 0 bridgehead atoms. The van der Waals surface area contributed by atoms with Crippen LogP contribution in [0.1, 0.15) is 6.42 Å². The van der Waals surface area contributed by atoms with E-state index in [0.717, 1.165) is 46.5 Å². The fourth-order valence-electron chi connectivity index (χ4n) is 4.42. The summed E-state index contributed by atoms with van der Waals surface area (Å²) in [5.41, 5.74) is 6.36. The van der Waals surface area contributed by atoms with Crippen molar-refractivity contribution in [1.29, 1.82) is 0 Å². The third-order valence-corrected chi connectivity index (χ3v) is 7.14. The van der Waals surface area contributed by atoms with Gasteiger partial charge in [-0.1, -0.05) is 35.3 Å².